The van der Waals surface area contributed by atoms with Gasteiger partial charge in [-0.15, -0.1) is 23.1 Å². The molecule has 2 heteroatoms. The van der Waals surface area contributed by atoms with Gasteiger partial charge >= 0.3 is 0 Å². The van der Waals surface area contributed by atoms with Gasteiger partial charge in [0.05, 0.1) is 0 Å². The highest BCUT2D eigenvalue weighted by Crippen LogP contribution is 2.42. The summed E-state index contributed by atoms with van der Waals surface area (Å²) >= 11 is 3.89. The van der Waals surface area contributed by atoms with Crippen molar-refractivity contribution in [2.45, 2.75) is 81.8 Å². The van der Waals surface area contributed by atoms with Crippen LogP contribution in [0.2, 0.25) is 0 Å². The van der Waals surface area contributed by atoms with Crippen LogP contribution in [0.3, 0.4) is 0 Å². The fraction of sp³-hybridized carbons (Fsp3) is 0.200. The Labute approximate surface area is 374 Å². The molecule has 10 aromatic rings. The molecule has 9 aromatic carbocycles. The summed E-state index contributed by atoms with van der Waals surface area (Å²) < 4.78 is 1.34. The maximum Gasteiger partial charge on any atom is 0.0355 e. The topological polar surface area (TPSA) is 0 Å². The standard InChI is InChI=1S/C60H52S2/c1-3-5-7-8-10-40-12-18-44-30-50-26-42(14-20-46(50)28-48(44)24-40)16-22-58-36-56-34-52-32-53-37-59-55(33-51(53)31-54(52)38-60(56)62-58)35-57(61-59)21-15-41-13-19-45-27-47-23-39(9-6-4-2)11-17-43(47)29-49(45)25-41/h11-35,37-38,58H,3-10,36H2,1-2H3/b21-15+,22-16+. The van der Waals surface area contributed by atoms with Crippen molar-refractivity contribution in [3.05, 3.63) is 178 Å². The van der Waals surface area contributed by atoms with Crippen molar-refractivity contribution in [3.8, 4) is 0 Å². The van der Waals surface area contributed by atoms with E-state index in [4.69, 9.17) is 0 Å². The zero-order chi connectivity index (χ0) is 41.6. The lowest BCUT2D eigenvalue weighted by Gasteiger charge is -2.07. The minimum atomic E-state index is 0.439. The first-order valence-corrected chi connectivity index (χ1v) is 24.6. The smallest absolute Gasteiger partial charge is 0.0355 e. The molecule has 1 aromatic heterocycles. The third-order valence-electron chi connectivity index (χ3n) is 13.2. The predicted molar refractivity (Wildman–Crippen MR) is 278 cm³/mol. The molecule has 0 spiro atoms. The number of hydrogen-bond donors (Lipinski definition) is 0. The Hall–Kier alpha value is -5.67. The molecule has 0 amide bonds. The van der Waals surface area contributed by atoms with Crippen molar-refractivity contribution >= 4 is 116 Å². The van der Waals surface area contributed by atoms with Crippen molar-refractivity contribution in [1.82, 2.24) is 0 Å². The van der Waals surface area contributed by atoms with Gasteiger partial charge in [0.15, 0.2) is 0 Å². The normalized spacial score (nSPS) is 14.4. The second kappa shape index (κ2) is 16.9. The number of aryl methyl sites for hydroxylation is 2. The largest absolute Gasteiger partial charge is 0.136 e. The average molecular weight is 837 g/mol. The number of thioether (sulfide) groups is 1. The fourth-order valence-corrected chi connectivity index (χ4v) is 11.9. The van der Waals surface area contributed by atoms with Gasteiger partial charge < -0.3 is 0 Å². The summed E-state index contributed by atoms with van der Waals surface area (Å²) in [6.07, 6.45) is 20.4. The van der Waals surface area contributed by atoms with E-state index in [0.29, 0.717) is 5.25 Å². The molecule has 0 nitrogen and oxygen atoms in total. The minimum absolute atomic E-state index is 0.439. The molecule has 0 radical (unpaired) electrons. The number of thiophene rings is 1. The lowest BCUT2D eigenvalue weighted by Crippen LogP contribution is -1.94. The van der Waals surface area contributed by atoms with Crippen LogP contribution in [0, 0.1) is 0 Å². The molecule has 2 heterocycles. The van der Waals surface area contributed by atoms with Crippen LogP contribution in [0.1, 0.15) is 85.1 Å². The van der Waals surface area contributed by atoms with Gasteiger partial charge in [-0.2, -0.15) is 0 Å². The van der Waals surface area contributed by atoms with Crippen LogP contribution in [0.15, 0.2) is 150 Å². The van der Waals surface area contributed by atoms with Gasteiger partial charge in [0.25, 0.3) is 0 Å². The molecule has 0 bridgehead atoms. The predicted octanol–water partition coefficient (Wildman–Crippen LogP) is 18.2. The second-order valence-corrected chi connectivity index (χ2v) is 20.2. The molecule has 0 fully saturated rings. The Kier molecular flexibility index (Phi) is 10.7. The first-order valence-electron chi connectivity index (χ1n) is 22.9. The van der Waals surface area contributed by atoms with Crippen molar-refractivity contribution in [3.63, 3.8) is 0 Å². The molecule has 0 saturated heterocycles. The lowest BCUT2D eigenvalue weighted by atomic mass is 9.98. The zero-order valence-electron chi connectivity index (χ0n) is 35.8. The molecule has 0 aliphatic carbocycles. The van der Waals surface area contributed by atoms with Gasteiger partial charge in [-0.3, -0.25) is 0 Å². The van der Waals surface area contributed by atoms with Crippen LogP contribution >= 0.6 is 23.1 Å². The highest BCUT2D eigenvalue weighted by Gasteiger charge is 2.21. The van der Waals surface area contributed by atoms with Gasteiger partial charge in [-0.1, -0.05) is 118 Å². The number of benzene rings is 9. The van der Waals surface area contributed by atoms with Crippen LogP contribution < -0.4 is 0 Å². The molecular weight excluding hydrogens is 785 g/mol. The zero-order valence-corrected chi connectivity index (χ0v) is 37.5. The van der Waals surface area contributed by atoms with Gasteiger partial charge in [0.2, 0.25) is 0 Å². The van der Waals surface area contributed by atoms with Crippen LogP contribution in [0.4, 0.5) is 0 Å². The van der Waals surface area contributed by atoms with Crippen LogP contribution in [-0.4, -0.2) is 5.25 Å². The van der Waals surface area contributed by atoms with E-state index in [9.17, 15) is 0 Å². The van der Waals surface area contributed by atoms with Crippen molar-refractivity contribution in [1.29, 1.82) is 0 Å². The fourth-order valence-electron chi connectivity index (χ4n) is 9.70. The molecular formula is C60H52S2. The number of fused-ring (bicyclic) bond motifs is 8. The minimum Gasteiger partial charge on any atom is -0.136 e. The molecule has 304 valence electrons. The third kappa shape index (κ3) is 8.08. The van der Waals surface area contributed by atoms with Crippen molar-refractivity contribution < 1.29 is 0 Å². The van der Waals surface area contributed by atoms with Crippen molar-refractivity contribution in [2.24, 2.45) is 0 Å². The van der Waals surface area contributed by atoms with Crippen molar-refractivity contribution in [2.75, 3.05) is 0 Å². The summed E-state index contributed by atoms with van der Waals surface area (Å²) in [5.41, 5.74) is 6.88. The Balaban J connectivity index is 0.784. The van der Waals surface area contributed by atoms with Crippen LogP contribution in [-0.2, 0) is 19.3 Å². The highest BCUT2D eigenvalue weighted by molar-refractivity contribution is 8.00. The first kappa shape index (κ1) is 39.2. The third-order valence-corrected chi connectivity index (χ3v) is 15.5. The lowest BCUT2D eigenvalue weighted by molar-refractivity contribution is 0.667. The first-order chi connectivity index (χ1) is 30.5. The maximum atomic E-state index is 2.45. The average Bonchev–Trinajstić information content (AvgIpc) is 3.89. The van der Waals surface area contributed by atoms with Gasteiger partial charge in [-0.05, 0) is 215 Å². The molecule has 62 heavy (non-hydrogen) atoms. The Morgan fingerprint density at radius 3 is 1.65 bits per heavy atom. The van der Waals surface area contributed by atoms with Gasteiger partial charge in [0.1, 0.15) is 0 Å². The quantitative estimate of drug-likeness (QED) is 0.0873. The van der Waals surface area contributed by atoms with E-state index >= 15 is 0 Å². The summed E-state index contributed by atoms with van der Waals surface area (Å²) in [6, 6.07) is 54.1. The number of rotatable bonds is 12. The SMILES string of the molecule is CCCCCCc1ccc2cc3cc(/C=C/C4Cc5cc6cc7cc8sc(/C=C/c9ccc%10cc%11cc(CCCC)ccc%11cc%10c9)cc8cc7cc6cc5S4)ccc3cc2c1. The van der Waals surface area contributed by atoms with E-state index in [0.717, 1.165) is 12.8 Å². The molecule has 0 N–H and O–H groups in total. The summed E-state index contributed by atoms with van der Waals surface area (Å²) in [4.78, 5) is 2.70. The molecule has 0 saturated carbocycles. The summed E-state index contributed by atoms with van der Waals surface area (Å²) in [5, 5.41) is 17.6. The van der Waals surface area contributed by atoms with E-state index < -0.39 is 0 Å². The van der Waals surface area contributed by atoms with E-state index in [-0.39, 0.29) is 0 Å². The Bertz CT molecular complexity index is 3310. The molecule has 1 atom stereocenters. The molecule has 1 aliphatic heterocycles. The van der Waals surface area contributed by atoms with E-state index in [1.165, 1.54) is 157 Å². The molecule has 1 aliphatic rings. The molecule has 1 unspecified atom stereocenters. The Morgan fingerprint density at radius 1 is 0.435 bits per heavy atom. The number of hydrogen-bond acceptors (Lipinski definition) is 2. The monoisotopic (exact) mass is 836 g/mol. The van der Waals surface area contributed by atoms with Gasteiger partial charge in [0, 0.05) is 19.7 Å². The second-order valence-electron chi connectivity index (χ2n) is 17.8. The Morgan fingerprint density at radius 2 is 0.968 bits per heavy atom. The summed E-state index contributed by atoms with van der Waals surface area (Å²) in [7, 11) is 0. The van der Waals surface area contributed by atoms with Gasteiger partial charge in [-0.25, -0.2) is 0 Å². The van der Waals surface area contributed by atoms with E-state index in [1.54, 1.807) is 0 Å². The van der Waals surface area contributed by atoms with Crippen LogP contribution in [0.5, 0.6) is 0 Å². The summed E-state index contributed by atoms with van der Waals surface area (Å²) in [6.45, 7) is 4.54. The summed E-state index contributed by atoms with van der Waals surface area (Å²) in [5.74, 6) is 0. The highest BCUT2D eigenvalue weighted by atomic mass is 32.2. The number of unbranched alkanes of at least 4 members (excludes halogenated alkanes) is 4. The van der Waals surface area contributed by atoms with E-state index in [2.05, 4.69) is 178 Å². The molecule has 11 rings (SSSR count). The maximum absolute atomic E-state index is 2.45. The van der Waals surface area contributed by atoms with Crippen LogP contribution in [0.25, 0.3) is 92.9 Å². The van der Waals surface area contributed by atoms with E-state index in [1.807, 2.05) is 23.1 Å².